The van der Waals surface area contributed by atoms with Crippen LogP contribution in [0.1, 0.15) is 37.5 Å². The van der Waals surface area contributed by atoms with E-state index in [2.05, 4.69) is 20.1 Å². The number of hydrogen-bond acceptors (Lipinski definition) is 7. The Morgan fingerprint density at radius 3 is 2.88 bits per heavy atom. The number of rotatable bonds is 5. The molecule has 2 fully saturated rings. The van der Waals surface area contributed by atoms with Crippen LogP contribution in [0.2, 0.25) is 0 Å². The Hall–Kier alpha value is -1.96. The monoisotopic (exact) mass is 345 g/mol. The van der Waals surface area contributed by atoms with Gasteiger partial charge in [-0.3, -0.25) is 9.78 Å². The lowest BCUT2D eigenvalue weighted by Crippen LogP contribution is -2.49. The number of amides is 1. The van der Waals surface area contributed by atoms with Gasteiger partial charge in [-0.05, 0) is 12.8 Å². The van der Waals surface area contributed by atoms with E-state index in [0.717, 1.165) is 0 Å². The number of carbonyl (C=O) groups excluding carboxylic acids is 1. The number of carbonyl (C=O) groups is 1. The van der Waals surface area contributed by atoms with Gasteiger partial charge in [0.15, 0.2) is 0 Å². The van der Waals surface area contributed by atoms with Crippen molar-refractivity contribution in [2.75, 3.05) is 18.8 Å². The summed E-state index contributed by atoms with van der Waals surface area (Å²) in [5.74, 6) is 1.95. The van der Waals surface area contributed by atoms with Crippen LogP contribution in [0.15, 0.2) is 23.1 Å². The van der Waals surface area contributed by atoms with Crippen molar-refractivity contribution in [2.24, 2.45) is 0 Å². The minimum atomic E-state index is 0.128. The summed E-state index contributed by atoms with van der Waals surface area (Å²) in [6.45, 7) is 1.32. The summed E-state index contributed by atoms with van der Waals surface area (Å²) >= 11 is 1.81. The molecule has 0 N–H and O–H groups in total. The topological polar surface area (TPSA) is 85.0 Å². The summed E-state index contributed by atoms with van der Waals surface area (Å²) in [7, 11) is 0. The molecule has 7 nitrogen and oxygen atoms in total. The van der Waals surface area contributed by atoms with Gasteiger partial charge in [-0.1, -0.05) is 18.0 Å². The Morgan fingerprint density at radius 1 is 1.29 bits per heavy atom. The minimum Gasteiger partial charge on any atom is -0.340 e. The van der Waals surface area contributed by atoms with E-state index >= 15 is 0 Å². The van der Waals surface area contributed by atoms with E-state index in [1.165, 1.54) is 25.7 Å². The highest BCUT2D eigenvalue weighted by Gasteiger charge is 2.35. The summed E-state index contributed by atoms with van der Waals surface area (Å²) in [5, 5.41) is 4.63. The first-order chi connectivity index (χ1) is 11.8. The van der Waals surface area contributed by atoms with Crippen molar-refractivity contribution in [3.8, 4) is 11.5 Å². The molecule has 0 spiro atoms. The van der Waals surface area contributed by atoms with Crippen molar-refractivity contribution in [1.29, 1.82) is 0 Å². The molecule has 126 valence electrons. The van der Waals surface area contributed by atoms with Crippen molar-refractivity contribution < 1.29 is 9.32 Å². The molecule has 0 atom stereocenters. The van der Waals surface area contributed by atoms with Crippen molar-refractivity contribution in [3.63, 3.8) is 0 Å². The van der Waals surface area contributed by atoms with Crippen LogP contribution in [0.5, 0.6) is 0 Å². The third-order valence-corrected chi connectivity index (χ3v) is 5.92. The second-order valence-electron chi connectivity index (χ2n) is 6.26. The maximum Gasteiger partial charge on any atom is 0.233 e. The smallest absolute Gasteiger partial charge is 0.233 e. The highest BCUT2D eigenvalue weighted by atomic mass is 32.2. The van der Waals surface area contributed by atoms with Gasteiger partial charge in [0.25, 0.3) is 0 Å². The Bertz CT molecular complexity index is 696. The van der Waals surface area contributed by atoms with Crippen LogP contribution in [0.25, 0.3) is 11.5 Å². The molecule has 0 unspecified atom stereocenters. The highest BCUT2D eigenvalue weighted by Crippen LogP contribution is 2.31. The first kappa shape index (κ1) is 15.6. The van der Waals surface area contributed by atoms with Gasteiger partial charge < -0.3 is 9.42 Å². The SMILES string of the molecule is O=C(CSC1CCCC1)N1CC(c2nc(-c3cnccn3)no2)C1. The van der Waals surface area contributed by atoms with E-state index in [4.69, 9.17) is 4.52 Å². The van der Waals surface area contributed by atoms with Crippen LogP contribution in [-0.2, 0) is 4.79 Å². The van der Waals surface area contributed by atoms with Crippen molar-refractivity contribution in [3.05, 3.63) is 24.5 Å². The molecular weight excluding hydrogens is 326 g/mol. The first-order valence-electron chi connectivity index (χ1n) is 8.29. The summed E-state index contributed by atoms with van der Waals surface area (Å²) in [6.07, 6.45) is 9.93. The molecule has 2 aromatic rings. The Kier molecular flexibility index (Phi) is 4.46. The predicted octanol–water partition coefficient (Wildman–Crippen LogP) is 2.13. The molecule has 0 bridgehead atoms. The zero-order valence-electron chi connectivity index (χ0n) is 13.3. The molecule has 3 heterocycles. The molecule has 4 rings (SSSR count). The summed E-state index contributed by atoms with van der Waals surface area (Å²) in [4.78, 5) is 26.6. The van der Waals surface area contributed by atoms with Crippen LogP contribution < -0.4 is 0 Å². The summed E-state index contributed by atoms with van der Waals surface area (Å²) < 4.78 is 5.32. The molecule has 1 saturated carbocycles. The first-order valence-corrected chi connectivity index (χ1v) is 9.34. The van der Waals surface area contributed by atoms with Gasteiger partial charge in [0.2, 0.25) is 17.6 Å². The fraction of sp³-hybridized carbons (Fsp3) is 0.562. The van der Waals surface area contributed by atoms with Crippen LogP contribution in [0, 0.1) is 0 Å². The number of hydrogen-bond donors (Lipinski definition) is 0. The Balaban J connectivity index is 1.28. The maximum atomic E-state index is 12.2. The van der Waals surface area contributed by atoms with Crippen molar-refractivity contribution in [1.82, 2.24) is 25.0 Å². The Labute approximate surface area is 144 Å². The summed E-state index contributed by atoms with van der Waals surface area (Å²) in [5.41, 5.74) is 0.590. The molecule has 0 radical (unpaired) electrons. The Morgan fingerprint density at radius 2 is 2.12 bits per heavy atom. The maximum absolute atomic E-state index is 12.2. The lowest BCUT2D eigenvalue weighted by Gasteiger charge is -2.37. The van der Waals surface area contributed by atoms with E-state index in [1.54, 1.807) is 18.6 Å². The van der Waals surface area contributed by atoms with Crippen molar-refractivity contribution >= 4 is 17.7 Å². The van der Waals surface area contributed by atoms with Gasteiger partial charge in [0, 0.05) is 30.7 Å². The molecule has 8 heteroatoms. The minimum absolute atomic E-state index is 0.128. The second kappa shape index (κ2) is 6.88. The number of thioether (sulfide) groups is 1. The molecule has 1 aliphatic heterocycles. The zero-order valence-corrected chi connectivity index (χ0v) is 14.1. The molecule has 2 aliphatic rings. The summed E-state index contributed by atoms with van der Waals surface area (Å²) in [6, 6.07) is 0. The van der Waals surface area contributed by atoms with E-state index in [-0.39, 0.29) is 11.8 Å². The van der Waals surface area contributed by atoms with Gasteiger partial charge in [-0.25, -0.2) is 4.98 Å². The fourth-order valence-electron chi connectivity index (χ4n) is 3.09. The molecule has 1 saturated heterocycles. The number of likely N-dealkylation sites (tertiary alicyclic amines) is 1. The van der Waals surface area contributed by atoms with Crippen LogP contribution in [0.4, 0.5) is 0 Å². The van der Waals surface area contributed by atoms with E-state index in [1.807, 2.05) is 16.7 Å². The van der Waals surface area contributed by atoms with Gasteiger partial charge in [-0.2, -0.15) is 4.98 Å². The van der Waals surface area contributed by atoms with E-state index in [9.17, 15) is 4.79 Å². The van der Waals surface area contributed by atoms with Gasteiger partial charge in [0.1, 0.15) is 5.69 Å². The zero-order chi connectivity index (χ0) is 16.4. The van der Waals surface area contributed by atoms with Crippen LogP contribution >= 0.6 is 11.8 Å². The van der Waals surface area contributed by atoms with Gasteiger partial charge in [-0.15, -0.1) is 11.8 Å². The average Bonchev–Trinajstić information content (AvgIpc) is 3.24. The third-order valence-electron chi connectivity index (χ3n) is 4.56. The molecule has 24 heavy (non-hydrogen) atoms. The predicted molar refractivity (Wildman–Crippen MR) is 89.4 cm³/mol. The molecule has 1 amide bonds. The van der Waals surface area contributed by atoms with Crippen LogP contribution in [0.3, 0.4) is 0 Å². The van der Waals surface area contributed by atoms with E-state index in [0.29, 0.717) is 41.5 Å². The van der Waals surface area contributed by atoms with E-state index < -0.39 is 0 Å². The molecule has 1 aliphatic carbocycles. The quantitative estimate of drug-likeness (QED) is 0.820. The average molecular weight is 345 g/mol. The normalized spacial score (nSPS) is 18.8. The third kappa shape index (κ3) is 3.28. The molecule has 2 aromatic heterocycles. The number of aromatic nitrogens is 4. The number of nitrogens with zero attached hydrogens (tertiary/aromatic N) is 5. The largest absolute Gasteiger partial charge is 0.340 e. The standard InChI is InChI=1S/C16H19N5O2S/c22-14(10-24-12-3-1-2-4-12)21-8-11(9-21)16-19-15(20-23-16)13-7-17-5-6-18-13/h5-7,11-12H,1-4,8-10H2. The fourth-order valence-corrected chi connectivity index (χ4v) is 4.32. The van der Waals surface area contributed by atoms with Gasteiger partial charge >= 0.3 is 0 Å². The molecule has 0 aromatic carbocycles. The van der Waals surface area contributed by atoms with Crippen molar-refractivity contribution in [2.45, 2.75) is 36.9 Å². The highest BCUT2D eigenvalue weighted by molar-refractivity contribution is 8.00. The van der Waals surface area contributed by atoms with Crippen LogP contribution in [-0.4, -0.2) is 55.0 Å². The lowest BCUT2D eigenvalue weighted by molar-refractivity contribution is -0.133. The molecular formula is C16H19N5O2S. The lowest BCUT2D eigenvalue weighted by atomic mass is 10.0. The second-order valence-corrected chi connectivity index (χ2v) is 7.55. The van der Waals surface area contributed by atoms with Gasteiger partial charge in [0.05, 0.1) is 17.9 Å².